The molecule has 0 saturated heterocycles. The number of hydrogen-bond acceptors (Lipinski definition) is 3. The van der Waals surface area contributed by atoms with Crippen LogP contribution in [0.5, 0.6) is 0 Å². The Bertz CT molecular complexity index is 734. The molecule has 0 radical (unpaired) electrons. The fourth-order valence-corrected chi connectivity index (χ4v) is 2.22. The zero-order valence-corrected chi connectivity index (χ0v) is 12.8. The molecule has 3 aromatic rings. The summed E-state index contributed by atoms with van der Waals surface area (Å²) in [5, 5.41) is 2.89. The highest BCUT2D eigenvalue weighted by Gasteiger charge is 2.10. The Morgan fingerprint density at radius 3 is 2.78 bits per heavy atom. The van der Waals surface area contributed by atoms with Gasteiger partial charge < -0.3 is 19.2 Å². The molecular formula is C17H18N4O2. The average Bonchev–Trinajstić information content (AvgIpc) is 3.26. The van der Waals surface area contributed by atoms with E-state index in [1.165, 1.54) is 0 Å². The van der Waals surface area contributed by atoms with Gasteiger partial charge in [0.05, 0.1) is 19.1 Å². The van der Waals surface area contributed by atoms with Crippen molar-refractivity contribution < 1.29 is 9.21 Å². The molecule has 6 heteroatoms. The lowest BCUT2D eigenvalue weighted by atomic mass is 10.2. The van der Waals surface area contributed by atoms with Gasteiger partial charge >= 0.3 is 6.03 Å². The van der Waals surface area contributed by atoms with Gasteiger partial charge in [0.1, 0.15) is 5.76 Å². The third-order valence-corrected chi connectivity index (χ3v) is 3.50. The van der Waals surface area contributed by atoms with Crippen molar-refractivity contribution in [2.45, 2.75) is 13.1 Å². The number of amides is 2. The number of furan rings is 1. The van der Waals surface area contributed by atoms with Crippen LogP contribution in [0.2, 0.25) is 0 Å². The molecule has 1 N–H and O–H groups in total. The van der Waals surface area contributed by atoms with Crippen LogP contribution in [0.3, 0.4) is 0 Å². The molecule has 0 spiro atoms. The second-order valence-electron chi connectivity index (χ2n) is 5.23. The molecule has 2 aromatic heterocycles. The number of hydrogen-bond donors (Lipinski definition) is 1. The van der Waals surface area contributed by atoms with Crippen LogP contribution in [-0.2, 0) is 13.1 Å². The van der Waals surface area contributed by atoms with Crippen molar-refractivity contribution in [1.82, 2.24) is 19.8 Å². The standard InChI is InChI=1S/C17H18N4O2/c1-20(12-16-3-2-10-23-16)17(22)19-11-14-4-6-15(7-5-14)21-9-8-18-13-21/h2-10,13H,11-12H2,1H3,(H,19,22). The predicted molar refractivity (Wildman–Crippen MR) is 86.0 cm³/mol. The number of benzene rings is 1. The summed E-state index contributed by atoms with van der Waals surface area (Å²) in [5.74, 6) is 0.757. The number of rotatable bonds is 5. The fraction of sp³-hybridized carbons (Fsp3) is 0.176. The van der Waals surface area contributed by atoms with Crippen LogP contribution in [-0.4, -0.2) is 27.5 Å². The lowest BCUT2D eigenvalue weighted by Crippen LogP contribution is -2.36. The summed E-state index contributed by atoms with van der Waals surface area (Å²) < 4.78 is 7.17. The van der Waals surface area contributed by atoms with Gasteiger partial charge in [-0.25, -0.2) is 9.78 Å². The van der Waals surface area contributed by atoms with E-state index in [4.69, 9.17) is 4.42 Å². The highest BCUT2D eigenvalue weighted by Crippen LogP contribution is 2.09. The van der Waals surface area contributed by atoms with Gasteiger partial charge in [-0.2, -0.15) is 0 Å². The Balaban J connectivity index is 1.52. The minimum atomic E-state index is -0.139. The third-order valence-electron chi connectivity index (χ3n) is 3.50. The fourth-order valence-electron chi connectivity index (χ4n) is 2.22. The maximum Gasteiger partial charge on any atom is 0.317 e. The van der Waals surface area contributed by atoms with Gasteiger partial charge in [0.15, 0.2) is 0 Å². The van der Waals surface area contributed by atoms with Gasteiger partial charge in [0.2, 0.25) is 0 Å². The third kappa shape index (κ3) is 3.79. The topological polar surface area (TPSA) is 63.3 Å². The largest absolute Gasteiger partial charge is 0.467 e. The molecule has 0 aliphatic heterocycles. The van der Waals surface area contributed by atoms with Crippen LogP contribution in [0, 0.1) is 0 Å². The molecule has 1 aromatic carbocycles. The molecule has 0 aliphatic rings. The zero-order valence-electron chi connectivity index (χ0n) is 12.8. The molecule has 0 unspecified atom stereocenters. The van der Waals surface area contributed by atoms with Crippen LogP contribution < -0.4 is 5.32 Å². The Morgan fingerprint density at radius 2 is 2.13 bits per heavy atom. The zero-order chi connectivity index (χ0) is 16.1. The van der Waals surface area contributed by atoms with E-state index in [9.17, 15) is 4.79 Å². The van der Waals surface area contributed by atoms with E-state index in [-0.39, 0.29) is 6.03 Å². The highest BCUT2D eigenvalue weighted by atomic mass is 16.3. The van der Waals surface area contributed by atoms with E-state index in [1.807, 2.05) is 47.2 Å². The Morgan fingerprint density at radius 1 is 1.30 bits per heavy atom. The van der Waals surface area contributed by atoms with Crippen molar-refractivity contribution in [3.63, 3.8) is 0 Å². The van der Waals surface area contributed by atoms with E-state index in [0.717, 1.165) is 17.0 Å². The summed E-state index contributed by atoms with van der Waals surface area (Å²) in [5.41, 5.74) is 2.07. The van der Waals surface area contributed by atoms with Gasteiger partial charge in [-0.05, 0) is 29.8 Å². The first-order valence-electron chi connectivity index (χ1n) is 7.31. The number of carbonyl (C=O) groups excluding carboxylic acids is 1. The normalized spacial score (nSPS) is 10.5. The first kappa shape index (κ1) is 14.9. The van der Waals surface area contributed by atoms with Crippen LogP contribution in [0.25, 0.3) is 5.69 Å². The van der Waals surface area contributed by atoms with Gasteiger partial charge in [-0.3, -0.25) is 0 Å². The van der Waals surface area contributed by atoms with Crippen molar-refractivity contribution in [3.8, 4) is 5.69 Å². The van der Waals surface area contributed by atoms with E-state index in [1.54, 1.807) is 30.7 Å². The lowest BCUT2D eigenvalue weighted by molar-refractivity contribution is 0.202. The lowest BCUT2D eigenvalue weighted by Gasteiger charge is -2.16. The monoisotopic (exact) mass is 310 g/mol. The molecule has 2 heterocycles. The molecule has 0 aliphatic carbocycles. The Kier molecular flexibility index (Phi) is 4.42. The minimum absolute atomic E-state index is 0.139. The van der Waals surface area contributed by atoms with Gasteiger partial charge in [-0.1, -0.05) is 12.1 Å². The molecule has 3 rings (SSSR count). The summed E-state index contributed by atoms with van der Waals surface area (Å²) in [4.78, 5) is 17.7. The van der Waals surface area contributed by atoms with E-state index < -0.39 is 0 Å². The maximum absolute atomic E-state index is 12.1. The minimum Gasteiger partial charge on any atom is -0.467 e. The van der Waals surface area contributed by atoms with Crippen molar-refractivity contribution in [2.75, 3.05) is 7.05 Å². The molecule has 2 amide bonds. The summed E-state index contributed by atoms with van der Waals surface area (Å²) in [7, 11) is 1.74. The van der Waals surface area contributed by atoms with E-state index in [2.05, 4.69) is 10.3 Å². The van der Waals surface area contributed by atoms with Gasteiger partial charge in [-0.15, -0.1) is 0 Å². The van der Waals surface area contributed by atoms with Crippen molar-refractivity contribution >= 4 is 6.03 Å². The number of imidazole rings is 1. The Labute approximate surface area is 134 Å². The molecular weight excluding hydrogens is 292 g/mol. The van der Waals surface area contributed by atoms with Gasteiger partial charge in [0, 0.05) is 31.7 Å². The quantitative estimate of drug-likeness (QED) is 0.788. The summed E-state index contributed by atoms with van der Waals surface area (Å²) in [6, 6.07) is 11.5. The predicted octanol–water partition coefficient (Wildman–Crippen LogP) is 2.81. The first-order valence-corrected chi connectivity index (χ1v) is 7.31. The molecule has 0 saturated carbocycles. The second-order valence-corrected chi connectivity index (χ2v) is 5.23. The number of carbonyl (C=O) groups is 1. The molecule has 0 atom stereocenters. The first-order chi connectivity index (χ1) is 11.2. The molecule has 0 bridgehead atoms. The van der Waals surface area contributed by atoms with Crippen LogP contribution in [0.4, 0.5) is 4.79 Å². The smallest absolute Gasteiger partial charge is 0.317 e. The number of urea groups is 1. The average molecular weight is 310 g/mol. The Hall–Kier alpha value is -3.02. The number of nitrogens with one attached hydrogen (secondary N) is 1. The number of aromatic nitrogens is 2. The molecule has 6 nitrogen and oxygen atoms in total. The summed E-state index contributed by atoms with van der Waals surface area (Å²) in [6.07, 6.45) is 6.98. The number of nitrogens with zero attached hydrogens (tertiary/aromatic N) is 3. The van der Waals surface area contributed by atoms with E-state index in [0.29, 0.717) is 13.1 Å². The summed E-state index contributed by atoms with van der Waals surface area (Å²) >= 11 is 0. The van der Waals surface area contributed by atoms with Crippen molar-refractivity contribution in [1.29, 1.82) is 0 Å². The summed E-state index contributed by atoms with van der Waals surface area (Å²) in [6.45, 7) is 0.921. The highest BCUT2D eigenvalue weighted by molar-refractivity contribution is 5.73. The van der Waals surface area contributed by atoms with E-state index >= 15 is 0 Å². The van der Waals surface area contributed by atoms with Crippen LogP contribution >= 0.6 is 0 Å². The van der Waals surface area contributed by atoms with Crippen LogP contribution in [0.15, 0.2) is 65.8 Å². The second kappa shape index (κ2) is 6.83. The molecule has 118 valence electrons. The maximum atomic E-state index is 12.1. The molecule has 0 fully saturated rings. The van der Waals surface area contributed by atoms with Crippen LogP contribution in [0.1, 0.15) is 11.3 Å². The van der Waals surface area contributed by atoms with Gasteiger partial charge in [0.25, 0.3) is 0 Å². The molecule has 23 heavy (non-hydrogen) atoms. The van der Waals surface area contributed by atoms with Crippen molar-refractivity contribution in [2.24, 2.45) is 0 Å². The SMILES string of the molecule is CN(Cc1ccco1)C(=O)NCc1ccc(-n2ccnc2)cc1. The van der Waals surface area contributed by atoms with Crippen molar-refractivity contribution in [3.05, 3.63) is 72.7 Å².